The van der Waals surface area contributed by atoms with E-state index in [9.17, 15) is 5.11 Å². The van der Waals surface area contributed by atoms with Gasteiger partial charge < -0.3 is 10.4 Å². The fourth-order valence-electron chi connectivity index (χ4n) is 2.69. The van der Waals surface area contributed by atoms with Crippen LogP contribution in [0, 0.1) is 6.92 Å². The first-order valence-corrected chi connectivity index (χ1v) is 8.87. The standard InChI is InChI=1S/C18H22N4OS/c1-13(20-12-18(3,23)15-7-9-24-11-15)16-10-21-22(14(16)2)17-6-4-5-8-19-17/h4-11,13,20,23H,12H2,1-3H3. The molecule has 6 heteroatoms. The van der Waals surface area contributed by atoms with Gasteiger partial charge in [0.15, 0.2) is 5.82 Å². The van der Waals surface area contributed by atoms with E-state index < -0.39 is 5.60 Å². The maximum absolute atomic E-state index is 10.6. The molecule has 0 aliphatic rings. The van der Waals surface area contributed by atoms with Crippen molar-refractivity contribution in [3.05, 3.63) is 64.2 Å². The van der Waals surface area contributed by atoms with E-state index in [0.717, 1.165) is 22.6 Å². The summed E-state index contributed by atoms with van der Waals surface area (Å²) < 4.78 is 1.84. The number of pyridine rings is 1. The van der Waals surface area contributed by atoms with Crippen molar-refractivity contribution >= 4 is 11.3 Å². The van der Waals surface area contributed by atoms with Crippen molar-refractivity contribution in [3.8, 4) is 5.82 Å². The Morgan fingerprint density at radius 1 is 1.38 bits per heavy atom. The molecule has 2 N–H and O–H groups in total. The van der Waals surface area contributed by atoms with E-state index in [1.165, 1.54) is 0 Å². The molecule has 0 spiro atoms. The molecule has 3 rings (SSSR count). The summed E-state index contributed by atoms with van der Waals surface area (Å²) in [5.74, 6) is 0.804. The minimum absolute atomic E-state index is 0.0765. The molecule has 0 amide bonds. The van der Waals surface area contributed by atoms with Crippen LogP contribution in [0.2, 0.25) is 0 Å². The van der Waals surface area contributed by atoms with Crippen LogP contribution in [0.15, 0.2) is 47.4 Å². The number of aliphatic hydroxyl groups is 1. The second-order valence-electron chi connectivity index (χ2n) is 6.17. The highest BCUT2D eigenvalue weighted by atomic mass is 32.1. The lowest BCUT2D eigenvalue weighted by Crippen LogP contribution is -2.36. The van der Waals surface area contributed by atoms with Crippen molar-refractivity contribution in [3.63, 3.8) is 0 Å². The van der Waals surface area contributed by atoms with E-state index in [-0.39, 0.29) is 6.04 Å². The van der Waals surface area contributed by atoms with Crippen LogP contribution in [-0.2, 0) is 5.60 Å². The molecule has 0 fully saturated rings. The topological polar surface area (TPSA) is 63.0 Å². The molecular weight excluding hydrogens is 320 g/mol. The summed E-state index contributed by atoms with van der Waals surface area (Å²) in [7, 11) is 0. The van der Waals surface area contributed by atoms with Crippen LogP contribution in [0.25, 0.3) is 5.82 Å². The lowest BCUT2D eigenvalue weighted by atomic mass is 9.98. The van der Waals surface area contributed by atoms with Crippen molar-refractivity contribution in [1.82, 2.24) is 20.1 Å². The van der Waals surface area contributed by atoms with Gasteiger partial charge in [-0.3, -0.25) is 0 Å². The molecule has 3 aromatic rings. The third-order valence-electron chi connectivity index (χ3n) is 4.28. The van der Waals surface area contributed by atoms with Crippen LogP contribution in [-0.4, -0.2) is 26.4 Å². The first-order chi connectivity index (χ1) is 11.5. The van der Waals surface area contributed by atoms with Crippen LogP contribution in [0.3, 0.4) is 0 Å². The molecule has 5 nitrogen and oxygen atoms in total. The molecule has 3 aromatic heterocycles. The van der Waals surface area contributed by atoms with Gasteiger partial charge >= 0.3 is 0 Å². The molecule has 0 saturated carbocycles. The Labute approximate surface area is 146 Å². The molecular formula is C18H22N4OS. The van der Waals surface area contributed by atoms with Gasteiger partial charge in [0.2, 0.25) is 0 Å². The van der Waals surface area contributed by atoms with Crippen LogP contribution < -0.4 is 5.32 Å². The van der Waals surface area contributed by atoms with Crippen LogP contribution in [0.5, 0.6) is 0 Å². The van der Waals surface area contributed by atoms with Gasteiger partial charge in [-0.15, -0.1) is 0 Å². The van der Waals surface area contributed by atoms with Crippen LogP contribution >= 0.6 is 11.3 Å². The van der Waals surface area contributed by atoms with Gasteiger partial charge in [0.25, 0.3) is 0 Å². The summed E-state index contributed by atoms with van der Waals surface area (Å²) in [4.78, 5) is 4.34. The first-order valence-electron chi connectivity index (χ1n) is 7.93. The highest BCUT2D eigenvalue weighted by molar-refractivity contribution is 7.08. The largest absolute Gasteiger partial charge is 0.384 e. The molecule has 3 heterocycles. The summed E-state index contributed by atoms with van der Waals surface area (Å²) >= 11 is 1.59. The number of nitrogens with zero attached hydrogens (tertiary/aromatic N) is 3. The number of hydrogen-bond donors (Lipinski definition) is 2. The van der Waals surface area contributed by atoms with Gasteiger partial charge in [0.1, 0.15) is 5.60 Å². The third-order valence-corrected chi connectivity index (χ3v) is 4.96. The zero-order chi connectivity index (χ0) is 17.2. The Balaban J connectivity index is 1.72. The van der Waals surface area contributed by atoms with E-state index in [2.05, 4.69) is 22.3 Å². The fourth-order valence-corrected chi connectivity index (χ4v) is 3.47. The van der Waals surface area contributed by atoms with Gasteiger partial charge in [-0.25, -0.2) is 9.67 Å². The number of thiophene rings is 1. The number of nitrogens with one attached hydrogen (secondary N) is 1. The number of rotatable bonds is 6. The van der Waals surface area contributed by atoms with E-state index >= 15 is 0 Å². The summed E-state index contributed by atoms with van der Waals surface area (Å²) in [5, 5.41) is 22.5. The van der Waals surface area contributed by atoms with Crippen molar-refractivity contribution in [2.45, 2.75) is 32.4 Å². The second kappa shape index (κ2) is 6.84. The highest BCUT2D eigenvalue weighted by Gasteiger charge is 2.25. The van der Waals surface area contributed by atoms with Gasteiger partial charge in [0.05, 0.1) is 6.20 Å². The van der Waals surface area contributed by atoms with Crippen molar-refractivity contribution in [2.24, 2.45) is 0 Å². The Hall–Kier alpha value is -2.02. The predicted molar refractivity (Wildman–Crippen MR) is 96.4 cm³/mol. The summed E-state index contributed by atoms with van der Waals surface area (Å²) in [6.07, 6.45) is 3.62. The Kier molecular flexibility index (Phi) is 4.80. The molecule has 0 bridgehead atoms. The summed E-state index contributed by atoms with van der Waals surface area (Å²) in [6.45, 7) is 6.42. The smallest absolute Gasteiger partial charge is 0.153 e. The number of aromatic nitrogens is 3. The van der Waals surface area contributed by atoms with E-state index in [1.54, 1.807) is 17.5 Å². The molecule has 0 saturated heterocycles. The van der Waals surface area contributed by atoms with Gasteiger partial charge in [-0.1, -0.05) is 6.07 Å². The zero-order valence-electron chi connectivity index (χ0n) is 14.1. The Morgan fingerprint density at radius 3 is 2.88 bits per heavy atom. The fraction of sp³-hybridized carbons (Fsp3) is 0.333. The lowest BCUT2D eigenvalue weighted by molar-refractivity contribution is 0.0548. The van der Waals surface area contributed by atoms with E-state index in [1.807, 2.05) is 59.8 Å². The first kappa shape index (κ1) is 16.8. The zero-order valence-corrected chi connectivity index (χ0v) is 14.9. The van der Waals surface area contributed by atoms with Gasteiger partial charge in [-0.05, 0) is 55.3 Å². The molecule has 0 radical (unpaired) electrons. The maximum atomic E-state index is 10.6. The quantitative estimate of drug-likeness (QED) is 0.722. The summed E-state index contributed by atoms with van der Waals surface area (Å²) in [5.41, 5.74) is 2.19. The lowest BCUT2D eigenvalue weighted by Gasteiger charge is -2.25. The van der Waals surface area contributed by atoms with Gasteiger partial charge in [-0.2, -0.15) is 16.4 Å². The van der Waals surface area contributed by atoms with Gasteiger partial charge in [0, 0.05) is 30.0 Å². The monoisotopic (exact) mass is 342 g/mol. The number of hydrogen-bond acceptors (Lipinski definition) is 5. The maximum Gasteiger partial charge on any atom is 0.153 e. The molecule has 2 atom stereocenters. The second-order valence-corrected chi connectivity index (χ2v) is 6.95. The van der Waals surface area contributed by atoms with E-state index in [4.69, 9.17) is 0 Å². The van der Waals surface area contributed by atoms with E-state index in [0.29, 0.717) is 6.54 Å². The van der Waals surface area contributed by atoms with Crippen LogP contribution in [0.4, 0.5) is 0 Å². The summed E-state index contributed by atoms with van der Waals surface area (Å²) in [6, 6.07) is 7.81. The highest BCUT2D eigenvalue weighted by Crippen LogP contribution is 2.24. The average Bonchev–Trinajstić information content (AvgIpc) is 3.24. The van der Waals surface area contributed by atoms with Crippen LogP contribution in [0.1, 0.15) is 36.7 Å². The molecule has 0 aromatic carbocycles. The molecule has 24 heavy (non-hydrogen) atoms. The Morgan fingerprint density at radius 2 is 2.21 bits per heavy atom. The normalized spacial score (nSPS) is 15.2. The third kappa shape index (κ3) is 3.40. The molecule has 0 aliphatic heterocycles. The molecule has 126 valence electrons. The molecule has 0 aliphatic carbocycles. The minimum atomic E-state index is -0.890. The van der Waals surface area contributed by atoms with Crippen molar-refractivity contribution < 1.29 is 5.11 Å². The minimum Gasteiger partial charge on any atom is -0.384 e. The Bertz CT molecular complexity index is 781. The molecule has 2 unspecified atom stereocenters. The predicted octanol–water partition coefficient (Wildman–Crippen LogP) is 3.20. The van der Waals surface area contributed by atoms with Crippen molar-refractivity contribution in [2.75, 3.05) is 6.54 Å². The SMILES string of the molecule is Cc1c(C(C)NCC(C)(O)c2ccsc2)cnn1-c1ccccn1. The average molecular weight is 342 g/mol. The van der Waals surface area contributed by atoms with Crippen molar-refractivity contribution in [1.29, 1.82) is 0 Å².